The minimum atomic E-state index is -0.244. The van der Waals surface area contributed by atoms with E-state index in [-0.39, 0.29) is 5.82 Å². The van der Waals surface area contributed by atoms with Crippen LogP contribution in [0.3, 0.4) is 0 Å². The van der Waals surface area contributed by atoms with Crippen molar-refractivity contribution in [1.29, 1.82) is 0 Å². The van der Waals surface area contributed by atoms with Crippen LogP contribution in [0.1, 0.15) is 11.3 Å². The summed E-state index contributed by atoms with van der Waals surface area (Å²) in [6, 6.07) is 6.61. The molecule has 0 spiro atoms. The van der Waals surface area contributed by atoms with Gasteiger partial charge in [-0.05, 0) is 30.7 Å². The van der Waals surface area contributed by atoms with Crippen molar-refractivity contribution < 1.29 is 4.39 Å². The molecule has 0 aliphatic heterocycles. The van der Waals surface area contributed by atoms with Crippen LogP contribution in [0.5, 0.6) is 0 Å². The normalized spacial score (nSPS) is 10.6. The Morgan fingerprint density at radius 1 is 1.40 bits per heavy atom. The molecule has 15 heavy (non-hydrogen) atoms. The van der Waals surface area contributed by atoms with Gasteiger partial charge in [0.1, 0.15) is 5.82 Å². The highest BCUT2D eigenvalue weighted by Gasteiger charge is 2.07. The summed E-state index contributed by atoms with van der Waals surface area (Å²) in [6.45, 7) is 1.94. The van der Waals surface area contributed by atoms with Crippen LogP contribution in [0.15, 0.2) is 30.5 Å². The molecule has 1 heterocycles. The van der Waals surface area contributed by atoms with E-state index in [4.69, 9.17) is 0 Å². The molecule has 0 atom stereocenters. The van der Waals surface area contributed by atoms with Crippen LogP contribution in [-0.2, 0) is 5.33 Å². The van der Waals surface area contributed by atoms with Crippen molar-refractivity contribution in [1.82, 2.24) is 9.78 Å². The van der Waals surface area contributed by atoms with Gasteiger partial charge in [0.05, 0.1) is 11.4 Å². The Bertz CT molecular complexity index is 479. The molecule has 4 heteroatoms. The molecule has 78 valence electrons. The fraction of sp³-hybridized carbons (Fsp3) is 0.182. The minimum absolute atomic E-state index is 0.244. The molecule has 0 bridgehead atoms. The quantitative estimate of drug-likeness (QED) is 0.765. The summed E-state index contributed by atoms with van der Waals surface area (Å²) in [5, 5.41) is 4.88. The Labute approximate surface area is 95.9 Å². The molecule has 0 unspecified atom stereocenters. The largest absolute Gasteiger partial charge is 0.237 e. The highest BCUT2D eigenvalue weighted by Crippen LogP contribution is 2.18. The summed E-state index contributed by atoms with van der Waals surface area (Å²) in [4.78, 5) is 0. The number of halogens is 2. The maximum Gasteiger partial charge on any atom is 0.125 e. The topological polar surface area (TPSA) is 17.8 Å². The summed E-state index contributed by atoms with van der Waals surface area (Å²) in [5.41, 5.74) is 2.79. The number of nitrogens with zero attached hydrogens (tertiary/aromatic N) is 2. The van der Waals surface area contributed by atoms with Gasteiger partial charge in [-0.3, -0.25) is 0 Å². The number of aromatic nitrogens is 2. The summed E-state index contributed by atoms with van der Waals surface area (Å²) < 4.78 is 14.9. The van der Waals surface area contributed by atoms with Gasteiger partial charge in [0.25, 0.3) is 0 Å². The van der Waals surface area contributed by atoms with E-state index in [1.54, 1.807) is 16.9 Å². The van der Waals surface area contributed by atoms with Crippen molar-refractivity contribution in [3.8, 4) is 5.69 Å². The van der Waals surface area contributed by atoms with E-state index in [0.717, 1.165) is 16.9 Å². The molecule has 0 N–H and O–H groups in total. The van der Waals surface area contributed by atoms with Crippen LogP contribution in [0.2, 0.25) is 0 Å². The smallest absolute Gasteiger partial charge is 0.125 e. The molecule has 2 rings (SSSR count). The average Bonchev–Trinajstić information content (AvgIpc) is 2.69. The molecular formula is C11H10BrFN2. The maximum atomic E-state index is 13.1. The number of aryl methyl sites for hydroxylation is 1. The predicted molar refractivity (Wildman–Crippen MR) is 60.9 cm³/mol. The summed E-state index contributed by atoms with van der Waals surface area (Å²) in [7, 11) is 0. The Kier molecular flexibility index (Phi) is 2.86. The van der Waals surface area contributed by atoms with Gasteiger partial charge in [0, 0.05) is 11.5 Å². The summed E-state index contributed by atoms with van der Waals surface area (Å²) in [6.07, 6.45) is 1.71. The second-order valence-electron chi connectivity index (χ2n) is 3.30. The lowest BCUT2D eigenvalue weighted by Gasteiger charge is -2.08. The molecule has 2 aromatic rings. The van der Waals surface area contributed by atoms with Crippen molar-refractivity contribution >= 4 is 15.9 Å². The number of rotatable bonds is 2. The van der Waals surface area contributed by atoms with Gasteiger partial charge in [-0.2, -0.15) is 5.10 Å². The molecule has 0 fully saturated rings. The first-order valence-electron chi connectivity index (χ1n) is 4.58. The molecule has 0 saturated carbocycles. The lowest BCUT2D eigenvalue weighted by molar-refractivity contribution is 0.624. The first kappa shape index (κ1) is 10.4. The van der Waals surface area contributed by atoms with Crippen molar-refractivity contribution in [3.05, 3.63) is 47.5 Å². The second kappa shape index (κ2) is 4.14. The van der Waals surface area contributed by atoms with E-state index in [2.05, 4.69) is 21.0 Å². The third-order valence-corrected chi connectivity index (χ3v) is 2.83. The second-order valence-corrected chi connectivity index (χ2v) is 3.86. The Morgan fingerprint density at radius 3 is 2.93 bits per heavy atom. The highest BCUT2D eigenvalue weighted by atomic mass is 79.9. The minimum Gasteiger partial charge on any atom is -0.237 e. The zero-order chi connectivity index (χ0) is 10.8. The Hall–Kier alpha value is -1.16. The van der Waals surface area contributed by atoms with E-state index in [1.807, 2.05) is 13.0 Å². The predicted octanol–water partition coefficient (Wildman–Crippen LogP) is 3.21. The van der Waals surface area contributed by atoms with Crippen LogP contribution >= 0.6 is 15.9 Å². The number of hydrogen-bond donors (Lipinski definition) is 0. The highest BCUT2D eigenvalue weighted by molar-refractivity contribution is 9.08. The van der Waals surface area contributed by atoms with Crippen LogP contribution in [-0.4, -0.2) is 9.78 Å². The van der Waals surface area contributed by atoms with Gasteiger partial charge in [0.2, 0.25) is 0 Å². The Balaban J connectivity index is 2.58. The van der Waals surface area contributed by atoms with Gasteiger partial charge in [-0.25, -0.2) is 9.07 Å². The molecule has 0 amide bonds. The van der Waals surface area contributed by atoms with Crippen LogP contribution < -0.4 is 0 Å². The van der Waals surface area contributed by atoms with Gasteiger partial charge in [-0.1, -0.05) is 22.0 Å². The van der Waals surface area contributed by atoms with E-state index in [9.17, 15) is 4.39 Å². The van der Waals surface area contributed by atoms with Crippen molar-refractivity contribution in [2.45, 2.75) is 12.3 Å². The van der Waals surface area contributed by atoms with Crippen molar-refractivity contribution in [3.63, 3.8) is 0 Å². The van der Waals surface area contributed by atoms with E-state index in [1.165, 1.54) is 12.1 Å². The SMILES string of the molecule is Cc1ccc(F)cc1-n1nccc1CBr. The maximum absolute atomic E-state index is 13.1. The van der Waals surface area contributed by atoms with E-state index >= 15 is 0 Å². The number of alkyl halides is 1. The van der Waals surface area contributed by atoms with Crippen molar-refractivity contribution in [2.75, 3.05) is 0 Å². The molecule has 1 aromatic carbocycles. The van der Waals surface area contributed by atoms with Gasteiger partial charge < -0.3 is 0 Å². The van der Waals surface area contributed by atoms with Crippen LogP contribution in [0.4, 0.5) is 4.39 Å². The monoisotopic (exact) mass is 268 g/mol. The van der Waals surface area contributed by atoms with E-state index in [0.29, 0.717) is 5.33 Å². The van der Waals surface area contributed by atoms with Crippen LogP contribution in [0.25, 0.3) is 5.69 Å². The lowest BCUT2D eigenvalue weighted by atomic mass is 10.2. The third-order valence-electron chi connectivity index (χ3n) is 2.26. The van der Waals surface area contributed by atoms with Gasteiger partial charge in [0.15, 0.2) is 0 Å². The summed E-state index contributed by atoms with van der Waals surface area (Å²) in [5.74, 6) is -0.244. The summed E-state index contributed by atoms with van der Waals surface area (Å²) >= 11 is 3.37. The van der Waals surface area contributed by atoms with Crippen LogP contribution in [0, 0.1) is 12.7 Å². The average molecular weight is 269 g/mol. The number of benzene rings is 1. The molecule has 0 radical (unpaired) electrons. The zero-order valence-corrected chi connectivity index (χ0v) is 9.83. The fourth-order valence-electron chi connectivity index (χ4n) is 1.46. The molecule has 2 nitrogen and oxygen atoms in total. The van der Waals surface area contributed by atoms with Crippen molar-refractivity contribution in [2.24, 2.45) is 0 Å². The first-order chi connectivity index (χ1) is 7.22. The zero-order valence-electron chi connectivity index (χ0n) is 8.24. The first-order valence-corrected chi connectivity index (χ1v) is 5.70. The lowest BCUT2D eigenvalue weighted by Crippen LogP contribution is -2.03. The molecular weight excluding hydrogens is 259 g/mol. The molecule has 0 aliphatic rings. The molecule has 0 aliphatic carbocycles. The number of hydrogen-bond acceptors (Lipinski definition) is 1. The van der Waals surface area contributed by atoms with E-state index < -0.39 is 0 Å². The standard InChI is InChI=1S/C11H10BrFN2/c1-8-2-3-9(13)6-11(8)15-10(7-12)4-5-14-15/h2-6H,7H2,1H3. The van der Waals surface area contributed by atoms with Gasteiger partial charge >= 0.3 is 0 Å². The van der Waals surface area contributed by atoms with Gasteiger partial charge in [-0.15, -0.1) is 0 Å². The fourth-order valence-corrected chi connectivity index (χ4v) is 1.88. The molecule has 0 saturated heterocycles. The third kappa shape index (κ3) is 1.95. The Morgan fingerprint density at radius 2 is 2.20 bits per heavy atom. The molecule has 1 aromatic heterocycles.